The molecule has 2 aromatic heterocycles. The molecule has 2 heterocycles. The highest BCUT2D eigenvalue weighted by atomic mass is 16.1. The summed E-state index contributed by atoms with van der Waals surface area (Å²) in [6.07, 6.45) is 4.63. The third kappa shape index (κ3) is 2.82. The van der Waals surface area contributed by atoms with Crippen molar-refractivity contribution in [1.29, 1.82) is 0 Å². The molecule has 5 heteroatoms. The lowest BCUT2D eigenvalue weighted by Gasteiger charge is -2.20. The van der Waals surface area contributed by atoms with Crippen molar-refractivity contribution in [3.63, 3.8) is 0 Å². The number of hydrogen-bond donors (Lipinski definition) is 2. The maximum atomic E-state index is 12.5. The smallest absolute Gasteiger partial charge is 0.223 e. The highest BCUT2D eigenvalue weighted by Crippen LogP contribution is 2.24. The third-order valence-corrected chi connectivity index (χ3v) is 4.87. The summed E-state index contributed by atoms with van der Waals surface area (Å²) in [5, 5.41) is 4.33. The predicted octanol–water partition coefficient (Wildman–Crippen LogP) is 2.59. The first kappa shape index (κ1) is 15.0. The van der Waals surface area contributed by atoms with E-state index in [0.717, 1.165) is 43.0 Å². The molecule has 0 saturated heterocycles. The zero-order valence-corrected chi connectivity index (χ0v) is 13.9. The molecule has 1 aliphatic rings. The Bertz CT molecular complexity index is 877. The van der Waals surface area contributed by atoms with E-state index in [-0.39, 0.29) is 11.8 Å². The summed E-state index contributed by atoms with van der Waals surface area (Å²) in [4.78, 5) is 20.2. The average Bonchev–Trinajstić information content (AvgIpc) is 3.16. The number of benzene rings is 1. The topological polar surface area (TPSA) is 62.7 Å². The zero-order valence-electron chi connectivity index (χ0n) is 13.9. The van der Waals surface area contributed by atoms with Crippen molar-refractivity contribution >= 4 is 16.8 Å². The fourth-order valence-corrected chi connectivity index (χ4v) is 3.63. The SMILES string of the molecule is Cc1nc2c([nH]1)CC(C(=O)NCCn1ccc3ccccc31)CC2. The second kappa shape index (κ2) is 6.15. The van der Waals surface area contributed by atoms with Crippen molar-refractivity contribution in [3.05, 3.63) is 53.7 Å². The Kier molecular flexibility index (Phi) is 3.84. The molecule has 24 heavy (non-hydrogen) atoms. The molecule has 0 bridgehead atoms. The van der Waals surface area contributed by atoms with Crippen LogP contribution < -0.4 is 5.32 Å². The van der Waals surface area contributed by atoms with E-state index in [2.05, 4.69) is 44.2 Å². The first-order valence-corrected chi connectivity index (χ1v) is 8.56. The van der Waals surface area contributed by atoms with Gasteiger partial charge in [0.2, 0.25) is 5.91 Å². The van der Waals surface area contributed by atoms with Crippen LogP contribution in [0.15, 0.2) is 36.5 Å². The van der Waals surface area contributed by atoms with Gasteiger partial charge in [0.15, 0.2) is 0 Å². The molecular formula is C19H22N4O. The second-order valence-corrected chi connectivity index (χ2v) is 6.55. The number of carbonyl (C=O) groups excluding carboxylic acids is 1. The van der Waals surface area contributed by atoms with Crippen molar-refractivity contribution in [1.82, 2.24) is 19.9 Å². The fraction of sp³-hybridized carbons (Fsp3) is 0.368. The third-order valence-electron chi connectivity index (χ3n) is 4.87. The first-order valence-electron chi connectivity index (χ1n) is 8.56. The van der Waals surface area contributed by atoms with Crippen LogP contribution in [0.1, 0.15) is 23.6 Å². The Hall–Kier alpha value is -2.56. The molecule has 2 N–H and O–H groups in total. The fourth-order valence-electron chi connectivity index (χ4n) is 3.63. The van der Waals surface area contributed by atoms with Crippen LogP contribution in [0.5, 0.6) is 0 Å². The molecule has 124 valence electrons. The Labute approximate surface area is 141 Å². The standard InChI is InChI=1S/C19H22N4O/c1-13-21-16-7-6-15(12-17(16)22-13)19(24)20-9-11-23-10-8-14-4-2-3-5-18(14)23/h2-5,8,10,15H,6-7,9,11-12H2,1H3,(H,20,24)(H,21,22). The molecule has 0 saturated carbocycles. The quantitative estimate of drug-likeness (QED) is 0.775. The number of aryl methyl sites for hydroxylation is 2. The van der Waals surface area contributed by atoms with E-state index in [4.69, 9.17) is 0 Å². The van der Waals surface area contributed by atoms with Crippen LogP contribution in [0.2, 0.25) is 0 Å². The number of amides is 1. The van der Waals surface area contributed by atoms with Crippen molar-refractivity contribution in [3.8, 4) is 0 Å². The summed E-state index contributed by atoms with van der Waals surface area (Å²) in [6, 6.07) is 10.4. The molecule has 4 rings (SSSR count). The van der Waals surface area contributed by atoms with Gasteiger partial charge in [0.25, 0.3) is 0 Å². The molecule has 1 amide bonds. The number of fused-ring (bicyclic) bond motifs is 2. The number of nitrogens with one attached hydrogen (secondary N) is 2. The minimum Gasteiger partial charge on any atom is -0.354 e. The van der Waals surface area contributed by atoms with Gasteiger partial charge in [0.05, 0.1) is 5.69 Å². The van der Waals surface area contributed by atoms with Gasteiger partial charge >= 0.3 is 0 Å². The number of aromatic amines is 1. The van der Waals surface area contributed by atoms with Crippen molar-refractivity contribution in [2.24, 2.45) is 5.92 Å². The predicted molar refractivity (Wildman–Crippen MR) is 93.8 cm³/mol. The number of imidazole rings is 1. The van der Waals surface area contributed by atoms with Crippen LogP contribution >= 0.6 is 0 Å². The molecule has 5 nitrogen and oxygen atoms in total. The monoisotopic (exact) mass is 322 g/mol. The van der Waals surface area contributed by atoms with Crippen LogP contribution in [0, 0.1) is 12.8 Å². The van der Waals surface area contributed by atoms with Gasteiger partial charge in [-0.25, -0.2) is 4.98 Å². The second-order valence-electron chi connectivity index (χ2n) is 6.55. The van der Waals surface area contributed by atoms with Gasteiger partial charge in [0, 0.05) is 42.8 Å². The molecule has 3 aromatic rings. The van der Waals surface area contributed by atoms with Gasteiger partial charge in [-0.15, -0.1) is 0 Å². The van der Waals surface area contributed by atoms with E-state index in [1.54, 1.807) is 0 Å². The van der Waals surface area contributed by atoms with E-state index in [1.165, 1.54) is 10.9 Å². The van der Waals surface area contributed by atoms with Crippen molar-refractivity contribution in [2.45, 2.75) is 32.7 Å². The highest BCUT2D eigenvalue weighted by Gasteiger charge is 2.26. The maximum Gasteiger partial charge on any atom is 0.223 e. The summed E-state index contributed by atoms with van der Waals surface area (Å²) in [5.74, 6) is 1.16. The average molecular weight is 322 g/mol. The summed E-state index contributed by atoms with van der Waals surface area (Å²) in [7, 11) is 0. The number of rotatable bonds is 4. The molecule has 0 fully saturated rings. The normalized spacial score (nSPS) is 17.0. The number of aromatic nitrogens is 3. The lowest BCUT2D eigenvalue weighted by molar-refractivity contribution is -0.125. The molecule has 0 spiro atoms. The van der Waals surface area contributed by atoms with Crippen molar-refractivity contribution < 1.29 is 4.79 Å². The molecule has 0 radical (unpaired) electrons. The number of carbonyl (C=O) groups is 1. The zero-order chi connectivity index (χ0) is 16.5. The van der Waals surface area contributed by atoms with Gasteiger partial charge in [-0.2, -0.15) is 0 Å². The number of nitrogens with zero attached hydrogens (tertiary/aromatic N) is 2. The molecule has 1 aliphatic carbocycles. The molecular weight excluding hydrogens is 300 g/mol. The van der Waals surface area contributed by atoms with E-state index in [9.17, 15) is 4.79 Å². The van der Waals surface area contributed by atoms with Crippen LogP contribution in [0.3, 0.4) is 0 Å². The van der Waals surface area contributed by atoms with Gasteiger partial charge in [-0.05, 0) is 37.3 Å². The number of para-hydroxylation sites is 1. The summed E-state index contributed by atoms with van der Waals surface area (Å²) in [6.45, 7) is 3.41. The summed E-state index contributed by atoms with van der Waals surface area (Å²) in [5.41, 5.74) is 3.48. The van der Waals surface area contributed by atoms with Crippen LogP contribution in [0.25, 0.3) is 10.9 Å². The van der Waals surface area contributed by atoms with E-state index >= 15 is 0 Å². The lowest BCUT2D eigenvalue weighted by atomic mass is 9.89. The van der Waals surface area contributed by atoms with Crippen molar-refractivity contribution in [2.75, 3.05) is 6.54 Å². The van der Waals surface area contributed by atoms with E-state index in [1.807, 2.05) is 19.1 Å². The van der Waals surface area contributed by atoms with E-state index in [0.29, 0.717) is 6.54 Å². The number of hydrogen-bond acceptors (Lipinski definition) is 2. The Morgan fingerprint density at radius 2 is 2.25 bits per heavy atom. The van der Waals surface area contributed by atoms with Gasteiger partial charge in [0.1, 0.15) is 5.82 Å². The van der Waals surface area contributed by atoms with Gasteiger partial charge < -0.3 is 14.9 Å². The minimum atomic E-state index is 0.0544. The summed E-state index contributed by atoms with van der Waals surface area (Å²) < 4.78 is 2.19. The van der Waals surface area contributed by atoms with Gasteiger partial charge in [-0.1, -0.05) is 18.2 Å². The minimum absolute atomic E-state index is 0.0544. The van der Waals surface area contributed by atoms with Crippen LogP contribution in [-0.2, 0) is 24.2 Å². The van der Waals surface area contributed by atoms with E-state index < -0.39 is 0 Å². The molecule has 0 aliphatic heterocycles. The maximum absolute atomic E-state index is 12.5. The summed E-state index contributed by atoms with van der Waals surface area (Å²) >= 11 is 0. The molecule has 1 aromatic carbocycles. The Morgan fingerprint density at radius 1 is 1.38 bits per heavy atom. The first-order chi connectivity index (χ1) is 11.7. The Balaban J connectivity index is 1.34. The Morgan fingerprint density at radius 3 is 3.17 bits per heavy atom. The van der Waals surface area contributed by atoms with Crippen LogP contribution in [0.4, 0.5) is 0 Å². The number of H-pyrrole nitrogens is 1. The van der Waals surface area contributed by atoms with Gasteiger partial charge in [-0.3, -0.25) is 4.79 Å². The largest absolute Gasteiger partial charge is 0.354 e. The molecule has 1 unspecified atom stereocenters. The lowest BCUT2D eigenvalue weighted by Crippen LogP contribution is -2.35. The van der Waals surface area contributed by atoms with Crippen LogP contribution in [-0.4, -0.2) is 27.0 Å². The molecule has 1 atom stereocenters. The highest BCUT2D eigenvalue weighted by molar-refractivity contribution is 5.80.